The number of anilines is 1. The first-order valence-corrected chi connectivity index (χ1v) is 7.43. The summed E-state index contributed by atoms with van der Waals surface area (Å²) in [6.45, 7) is 5.98. The zero-order chi connectivity index (χ0) is 14.8. The van der Waals surface area contributed by atoms with Gasteiger partial charge in [-0.15, -0.1) is 0 Å². The minimum absolute atomic E-state index is 0.356. The topological polar surface area (TPSA) is 69.7 Å². The molecule has 2 aromatic rings. The van der Waals surface area contributed by atoms with Gasteiger partial charge >= 0.3 is 0 Å². The highest BCUT2D eigenvalue weighted by atomic mass is 15.2. The van der Waals surface area contributed by atoms with E-state index in [1.807, 2.05) is 14.0 Å². The maximum atomic E-state index is 4.64. The quantitative estimate of drug-likeness (QED) is 0.901. The molecule has 3 rings (SSSR count). The van der Waals surface area contributed by atoms with E-state index < -0.39 is 0 Å². The molecule has 21 heavy (non-hydrogen) atoms. The van der Waals surface area contributed by atoms with E-state index in [1.165, 1.54) is 6.42 Å². The molecule has 6 heteroatoms. The minimum atomic E-state index is 0.356. The van der Waals surface area contributed by atoms with Crippen molar-refractivity contribution in [1.29, 1.82) is 0 Å². The summed E-state index contributed by atoms with van der Waals surface area (Å²) in [5, 5.41) is 3.11. The summed E-state index contributed by atoms with van der Waals surface area (Å²) in [5.41, 5.74) is 3.38. The molecule has 1 saturated heterocycles. The van der Waals surface area contributed by atoms with Gasteiger partial charge < -0.3 is 10.3 Å². The zero-order valence-corrected chi connectivity index (χ0v) is 12.8. The lowest BCUT2D eigenvalue weighted by molar-refractivity contribution is 0.241. The van der Waals surface area contributed by atoms with Gasteiger partial charge in [0.25, 0.3) is 0 Å². The number of H-pyrrole nitrogens is 1. The molecule has 6 nitrogen and oxygen atoms in total. The van der Waals surface area contributed by atoms with Gasteiger partial charge in [-0.3, -0.25) is 4.90 Å². The predicted octanol–water partition coefficient (Wildman–Crippen LogP) is 2.20. The molecule has 0 spiro atoms. The number of nitrogens with one attached hydrogen (secondary N) is 2. The van der Waals surface area contributed by atoms with Gasteiger partial charge in [-0.25, -0.2) is 15.0 Å². The average Bonchev–Trinajstić information content (AvgIpc) is 3.08. The molecule has 1 fully saturated rings. The molecule has 0 unspecified atom stereocenters. The van der Waals surface area contributed by atoms with Crippen molar-refractivity contribution in [3.63, 3.8) is 0 Å². The fourth-order valence-electron chi connectivity index (χ4n) is 2.98. The maximum absolute atomic E-state index is 4.64. The third-order valence-electron chi connectivity index (χ3n) is 4.11. The van der Waals surface area contributed by atoms with Gasteiger partial charge in [-0.1, -0.05) is 0 Å². The molecule has 0 amide bonds. The lowest BCUT2D eigenvalue weighted by Gasteiger charge is -2.24. The highest BCUT2D eigenvalue weighted by Crippen LogP contribution is 2.32. The Balaban J connectivity index is 1.83. The van der Waals surface area contributed by atoms with E-state index in [0.717, 1.165) is 48.2 Å². The molecule has 2 N–H and O–H groups in total. The second kappa shape index (κ2) is 5.81. The number of aromatic amines is 1. The molecular formula is C15H22N6. The predicted molar refractivity (Wildman–Crippen MR) is 82.0 cm³/mol. The first kappa shape index (κ1) is 14.0. The Morgan fingerprint density at radius 2 is 2.24 bits per heavy atom. The summed E-state index contributed by atoms with van der Waals surface area (Å²) in [4.78, 5) is 19.1. The van der Waals surface area contributed by atoms with Crippen LogP contribution in [0.2, 0.25) is 0 Å². The maximum Gasteiger partial charge on any atom is 0.129 e. The molecule has 0 aromatic carbocycles. The summed E-state index contributed by atoms with van der Waals surface area (Å²) in [5.74, 6) is 1.71. The van der Waals surface area contributed by atoms with Crippen molar-refractivity contribution in [1.82, 2.24) is 24.8 Å². The van der Waals surface area contributed by atoms with E-state index >= 15 is 0 Å². The molecule has 1 atom stereocenters. The van der Waals surface area contributed by atoms with Gasteiger partial charge in [0.2, 0.25) is 0 Å². The molecule has 1 aliphatic heterocycles. The number of nitrogens with zero attached hydrogens (tertiary/aromatic N) is 4. The highest BCUT2D eigenvalue weighted by Gasteiger charge is 2.28. The molecule has 0 saturated carbocycles. The molecule has 0 bridgehead atoms. The molecule has 3 heterocycles. The second-order valence-corrected chi connectivity index (χ2v) is 5.58. The van der Waals surface area contributed by atoms with Crippen LogP contribution in [0.15, 0.2) is 12.4 Å². The van der Waals surface area contributed by atoms with Gasteiger partial charge in [0, 0.05) is 25.4 Å². The van der Waals surface area contributed by atoms with E-state index in [-0.39, 0.29) is 0 Å². The summed E-state index contributed by atoms with van der Waals surface area (Å²) in [6.07, 6.45) is 4.11. The Hall–Kier alpha value is -1.95. The second-order valence-electron chi connectivity index (χ2n) is 5.58. The van der Waals surface area contributed by atoms with Gasteiger partial charge in [0.05, 0.1) is 23.8 Å². The Bertz CT molecular complexity index is 620. The molecular weight excluding hydrogens is 264 g/mol. The number of aromatic nitrogens is 4. The van der Waals surface area contributed by atoms with Crippen molar-refractivity contribution < 1.29 is 0 Å². The van der Waals surface area contributed by atoms with Crippen LogP contribution in [0.5, 0.6) is 0 Å². The van der Waals surface area contributed by atoms with Gasteiger partial charge in [-0.2, -0.15) is 0 Å². The normalized spacial score (nSPS) is 19.1. The Labute approximate surface area is 125 Å². The fraction of sp³-hybridized carbons (Fsp3) is 0.533. The monoisotopic (exact) mass is 286 g/mol. The lowest BCUT2D eigenvalue weighted by atomic mass is 10.1. The molecule has 1 aliphatic rings. The minimum Gasteiger partial charge on any atom is -0.373 e. The van der Waals surface area contributed by atoms with Crippen LogP contribution in [-0.2, 0) is 6.54 Å². The van der Waals surface area contributed by atoms with Crippen LogP contribution in [0.4, 0.5) is 5.82 Å². The number of likely N-dealkylation sites (tertiary alicyclic amines) is 1. The lowest BCUT2D eigenvalue weighted by Crippen LogP contribution is -2.24. The Morgan fingerprint density at radius 3 is 2.95 bits per heavy atom. The zero-order valence-electron chi connectivity index (χ0n) is 12.8. The van der Waals surface area contributed by atoms with E-state index in [4.69, 9.17) is 0 Å². The average molecular weight is 286 g/mol. The van der Waals surface area contributed by atoms with Gasteiger partial charge in [0.15, 0.2) is 0 Å². The van der Waals surface area contributed by atoms with Gasteiger partial charge in [0.1, 0.15) is 11.6 Å². The third-order valence-corrected chi connectivity index (χ3v) is 4.11. The van der Waals surface area contributed by atoms with Crippen molar-refractivity contribution in [2.75, 3.05) is 18.9 Å². The van der Waals surface area contributed by atoms with Crippen LogP contribution in [0.1, 0.15) is 41.8 Å². The number of hydrogen-bond acceptors (Lipinski definition) is 5. The standard InChI is InChI=1S/C15H22N6/c1-10-13(18-9-17-10)8-21-6-4-5-14(21)12-7-15(16-3)20-11(2)19-12/h7,9,14H,4-6,8H2,1-3H3,(H,17,18)(H,16,19,20)/t14-/m0/s1. The van der Waals surface area contributed by atoms with E-state index in [9.17, 15) is 0 Å². The molecule has 0 radical (unpaired) electrons. The van der Waals surface area contributed by atoms with Crippen LogP contribution in [0.25, 0.3) is 0 Å². The third kappa shape index (κ3) is 2.90. The molecule has 112 valence electrons. The van der Waals surface area contributed by atoms with Crippen molar-refractivity contribution in [3.05, 3.63) is 35.3 Å². The highest BCUT2D eigenvalue weighted by molar-refractivity contribution is 5.36. The summed E-state index contributed by atoms with van der Waals surface area (Å²) < 4.78 is 0. The fourth-order valence-corrected chi connectivity index (χ4v) is 2.98. The Kier molecular flexibility index (Phi) is 3.88. The van der Waals surface area contributed by atoms with Crippen LogP contribution >= 0.6 is 0 Å². The summed E-state index contributed by atoms with van der Waals surface area (Å²) >= 11 is 0. The smallest absolute Gasteiger partial charge is 0.129 e. The summed E-state index contributed by atoms with van der Waals surface area (Å²) in [7, 11) is 1.89. The number of rotatable bonds is 4. The molecule has 2 aromatic heterocycles. The van der Waals surface area contributed by atoms with Gasteiger partial charge in [-0.05, 0) is 33.2 Å². The van der Waals surface area contributed by atoms with E-state index in [1.54, 1.807) is 6.33 Å². The van der Waals surface area contributed by atoms with Crippen molar-refractivity contribution in [2.24, 2.45) is 0 Å². The van der Waals surface area contributed by atoms with Crippen LogP contribution in [-0.4, -0.2) is 38.4 Å². The summed E-state index contributed by atoms with van der Waals surface area (Å²) in [6, 6.07) is 2.42. The largest absolute Gasteiger partial charge is 0.373 e. The van der Waals surface area contributed by atoms with Crippen LogP contribution in [0.3, 0.4) is 0 Å². The first-order valence-electron chi connectivity index (χ1n) is 7.43. The number of imidazole rings is 1. The molecule has 0 aliphatic carbocycles. The van der Waals surface area contributed by atoms with Crippen molar-refractivity contribution in [2.45, 2.75) is 39.3 Å². The van der Waals surface area contributed by atoms with E-state index in [2.05, 4.69) is 43.1 Å². The first-order chi connectivity index (χ1) is 10.2. The SMILES string of the molecule is CNc1cc([C@@H]2CCCN2Cc2nc[nH]c2C)nc(C)n1. The number of hydrogen-bond donors (Lipinski definition) is 2. The van der Waals surface area contributed by atoms with Crippen LogP contribution in [0, 0.1) is 13.8 Å². The van der Waals surface area contributed by atoms with Crippen molar-refractivity contribution >= 4 is 5.82 Å². The van der Waals surface area contributed by atoms with E-state index in [0.29, 0.717) is 6.04 Å². The van der Waals surface area contributed by atoms with Crippen molar-refractivity contribution in [3.8, 4) is 0 Å². The van der Waals surface area contributed by atoms with Crippen LogP contribution < -0.4 is 5.32 Å². The Morgan fingerprint density at radius 1 is 1.38 bits per heavy atom. The number of aryl methyl sites for hydroxylation is 2.